The SMILES string of the molecule is C=C[C@H]1CN2CC[C@H]1C[C@H]2[C@H](O)c1ccnc2ccc(OC)cc12.O=C(O)O. The van der Waals surface area contributed by atoms with Crippen LogP contribution in [0, 0.1) is 11.8 Å². The fourth-order valence-electron chi connectivity index (χ4n) is 4.44. The lowest BCUT2D eigenvalue weighted by molar-refractivity contribution is -0.0444. The van der Waals surface area contributed by atoms with Crippen molar-refractivity contribution in [2.75, 3.05) is 20.2 Å². The molecule has 7 heteroatoms. The number of methoxy groups -OCH3 is 1. The second-order valence-corrected chi connectivity index (χ2v) is 7.26. The molecule has 3 fully saturated rings. The lowest BCUT2D eigenvalue weighted by Gasteiger charge is -2.50. The Morgan fingerprint density at radius 1 is 1.39 bits per heavy atom. The van der Waals surface area contributed by atoms with E-state index in [4.69, 9.17) is 19.7 Å². The van der Waals surface area contributed by atoms with Gasteiger partial charge in [0.1, 0.15) is 5.75 Å². The highest BCUT2D eigenvalue weighted by Crippen LogP contribution is 2.42. The molecule has 0 saturated carbocycles. The summed E-state index contributed by atoms with van der Waals surface area (Å²) in [6, 6.07) is 7.96. The number of piperidine rings is 3. The molecule has 5 atom stereocenters. The summed E-state index contributed by atoms with van der Waals surface area (Å²) in [5.74, 6) is 2.01. The number of hydrogen-bond acceptors (Lipinski definition) is 5. The smallest absolute Gasteiger partial charge is 0.497 e. The lowest BCUT2D eigenvalue weighted by Crippen LogP contribution is -2.54. The number of hydrogen-bond donors (Lipinski definition) is 3. The van der Waals surface area contributed by atoms with Crippen molar-refractivity contribution in [1.29, 1.82) is 0 Å². The van der Waals surface area contributed by atoms with Gasteiger partial charge in [-0.25, -0.2) is 4.79 Å². The number of aliphatic hydroxyl groups excluding tert-OH is 1. The summed E-state index contributed by atoms with van der Waals surface area (Å²) in [6.45, 7) is 6.07. The number of aliphatic hydroxyl groups is 1. The van der Waals surface area contributed by atoms with Crippen LogP contribution in [0.15, 0.2) is 43.1 Å². The maximum Gasteiger partial charge on any atom is 0.503 e. The first-order valence-electron chi connectivity index (χ1n) is 9.33. The van der Waals surface area contributed by atoms with Crippen LogP contribution < -0.4 is 4.74 Å². The van der Waals surface area contributed by atoms with Crippen molar-refractivity contribution in [2.45, 2.75) is 25.0 Å². The fourth-order valence-corrected chi connectivity index (χ4v) is 4.44. The Kier molecular flexibility index (Phi) is 6.16. The predicted octanol–water partition coefficient (Wildman–Crippen LogP) is 3.40. The molecule has 3 saturated heterocycles. The summed E-state index contributed by atoms with van der Waals surface area (Å²) in [4.78, 5) is 15.4. The number of fused-ring (bicyclic) bond motifs is 4. The third-order valence-electron chi connectivity index (χ3n) is 5.82. The molecule has 4 heterocycles. The number of nitrogens with zero attached hydrogens (tertiary/aromatic N) is 2. The monoisotopic (exact) mass is 386 g/mol. The molecule has 1 aromatic heterocycles. The number of carboxylic acid groups (broad SMARTS) is 2. The molecule has 0 aliphatic carbocycles. The standard InChI is InChI=1S/C20H24N2O2.CH2O3/c1-3-13-12-22-9-7-14(13)10-19(22)20(23)16-6-8-21-18-5-4-15(24-2)11-17(16)18;2-1(3)4/h3-6,8,11,13-14,19-20,23H,1,7,9-10,12H2,2H3;(H2,2,3,4)/t13-,14-,19-,20+;/m0./s1. The molecule has 28 heavy (non-hydrogen) atoms. The predicted molar refractivity (Wildman–Crippen MR) is 106 cm³/mol. The number of ether oxygens (including phenoxy) is 1. The number of pyridine rings is 1. The summed E-state index contributed by atoms with van der Waals surface area (Å²) in [7, 11) is 1.66. The second-order valence-electron chi connectivity index (χ2n) is 7.26. The molecule has 3 aliphatic heterocycles. The normalized spacial score (nSPS) is 26.8. The molecule has 0 spiro atoms. The van der Waals surface area contributed by atoms with Crippen LogP contribution in [-0.2, 0) is 0 Å². The zero-order chi connectivity index (χ0) is 20.3. The summed E-state index contributed by atoms with van der Waals surface area (Å²) >= 11 is 0. The third-order valence-corrected chi connectivity index (χ3v) is 5.82. The first kappa shape index (κ1) is 20.1. The summed E-state index contributed by atoms with van der Waals surface area (Å²) in [5.41, 5.74) is 1.85. The minimum Gasteiger partial charge on any atom is -0.497 e. The third kappa shape index (κ3) is 4.10. The molecule has 0 amide bonds. The lowest BCUT2D eigenvalue weighted by atomic mass is 9.73. The van der Waals surface area contributed by atoms with Gasteiger partial charge in [-0.2, -0.15) is 0 Å². The van der Waals surface area contributed by atoms with Crippen LogP contribution in [0.2, 0.25) is 0 Å². The van der Waals surface area contributed by atoms with Crippen LogP contribution in [0.3, 0.4) is 0 Å². The highest BCUT2D eigenvalue weighted by atomic mass is 16.6. The van der Waals surface area contributed by atoms with E-state index in [0.29, 0.717) is 11.8 Å². The van der Waals surface area contributed by atoms with Crippen molar-refractivity contribution >= 4 is 17.1 Å². The Labute approximate surface area is 163 Å². The van der Waals surface area contributed by atoms with Gasteiger partial charge in [0, 0.05) is 24.2 Å². The number of carbonyl (C=O) groups is 1. The zero-order valence-electron chi connectivity index (χ0n) is 15.9. The Balaban J connectivity index is 0.000000516. The van der Waals surface area contributed by atoms with Crippen LogP contribution in [0.1, 0.15) is 24.5 Å². The first-order chi connectivity index (χ1) is 13.4. The number of rotatable bonds is 4. The van der Waals surface area contributed by atoms with Crippen LogP contribution in [0.25, 0.3) is 10.9 Å². The van der Waals surface area contributed by atoms with E-state index < -0.39 is 12.3 Å². The highest BCUT2D eigenvalue weighted by Gasteiger charge is 2.42. The van der Waals surface area contributed by atoms with Gasteiger partial charge in [0.25, 0.3) is 0 Å². The van der Waals surface area contributed by atoms with E-state index in [1.165, 1.54) is 6.42 Å². The van der Waals surface area contributed by atoms with Gasteiger partial charge in [-0.1, -0.05) is 6.08 Å². The van der Waals surface area contributed by atoms with Crippen molar-refractivity contribution in [3.05, 3.63) is 48.7 Å². The van der Waals surface area contributed by atoms with E-state index in [1.54, 1.807) is 13.3 Å². The van der Waals surface area contributed by atoms with Crippen molar-refractivity contribution in [3.8, 4) is 5.75 Å². The molecule has 2 aromatic rings. The Hall–Kier alpha value is -2.64. The van der Waals surface area contributed by atoms with Gasteiger partial charge in [-0.05, 0) is 61.1 Å². The van der Waals surface area contributed by atoms with Crippen LogP contribution in [0.5, 0.6) is 5.75 Å². The topological polar surface area (TPSA) is 103 Å². The first-order valence-corrected chi connectivity index (χ1v) is 9.33. The maximum atomic E-state index is 11.2. The van der Waals surface area contributed by atoms with E-state index in [2.05, 4.69) is 22.5 Å². The van der Waals surface area contributed by atoms with Gasteiger partial charge < -0.3 is 20.1 Å². The van der Waals surface area contributed by atoms with Gasteiger partial charge in [-0.15, -0.1) is 6.58 Å². The number of aromatic nitrogens is 1. The van der Waals surface area contributed by atoms with E-state index in [1.807, 2.05) is 24.3 Å². The molecule has 150 valence electrons. The van der Waals surface area contributed by atoms with Crippen molar-refractivity contribution < 1.29 is 24.9 Å². The van der Waals surface area contributed by atoms with Gasteiger partial charge in [0.2, 0.25) is 0 Å². The van der Waals surface area contributed by atoms with E-state index in [9.17, 15) is 5.11 Å². The minimum absolute atomic E-state index is 0.178. The van der Waals surface area contributed by atoms with Gasteiger partial charge >= 0.3 is 6.16 Å². The second kappa shape index (κ2) is 8.58. The van der Waals surface area contributed by atoms with Crippen molar-refractivity contribution in [2.24, 2.45) is 11.8 Å². The molecular formula is C21H26N2O5. The largest absolute Gasteiger partial charge is 0.503 e. The van der Waals surface area contributed by atoms with Gasteiger partial charge in [-0.3, -0.25) is 9.88 Å². The molecule has 1 unspecified atom stereocenters. The molecule has 3 aliphatic rings. The molecule has 7 nitrogen and oxygen atoms in total. The average Bonchev–Trinajstić information content (AvgIpc) is 2.72. The Morgan fingerprint density at radius 2 is 2.14 bits per heavy atom. The van der Waals surface area contributed by atoms with E-state index in [-0.39, 0.29) is 6.04 Å². The minimum atomic E-state index is -1.83. The van der Waals surface area contributed by atoms with Gasteiger partial charge in [0.05, 0.1) is 18.7 Å². The van der Waals surface area contributed by atoms with Crippen molar-refractivity contribution in [1.82, 2.24) is 9.88 Å². The quantitative estimate of drug-likeness (QED) is 0.692. The fraction of sp³-hybridized carbons (Fsp3) is 0.429. The highest BCUT2D eigenvalue weighted by molar-refractivity contribution is 5.83. The molecule has 5 rings (SSSR count). The zero-order valence-corrected chi connectivity index (χ0v) is 15.9. The Morgan fingerprint density at radius 3 is 2.75 bits per heavy atom. The van der Waals surface area contributed by atoms with Crippen LogP contribution in [-0.4, -0.2) is 57.6 Å². The van der Waals surface area contributed by atoms with Crippen LogP contribution >= 0.6 is 0 Å². The Bertz CT molecular complexity index is 852. The van der Waals surface area contributed by atoms with E-state index in [0.717, 1.165) is 41.7 Å². The summed E-state index contributed by atoms with van der Waals surface area (Å²) < 4.78 is 5.35. The average molecular weight is 386 g/mol. The number of benzene rings is 1. The van der Waals surface area contributed by atoms with Crippen LogP contribution in [0.4, 0.5) is 4.79 Å². The molecule has 2 bridgehead atoms. The van der Waals surface area contributed by atoms with E-state index >= 15 is 0 Å². The molecule has 0 radical (unpaired) electrons. The maximum absolute atomic E-state index is 11.2. The van der Waals surface area contributed by atoms with Crippen molar-refractivity contribution in [3.63, 3.8) is 0 Å². The summed E-state index contributed by atoms with van der Waals surface area (Å²) in [5, 5.41) is 26.1. The molecule has 1 aromatic carbocycles. The summed E-state index contributed by atoms with van der Waals surface area (Å²) in [6.07, 6.45) is 3.79. The molecular weight excluding hydrogens is 360 g/mol. The van der Waals surface area contributed by atoms with Gasteiger partial charge in [0.15, 0.2) is 0 Å². The molecule has 3 N–H and O–H groups in total.